The molecule has 5 nitrogen and oxygen atoms in total. The van der Waals surface area contributed by atoms with Gasteiger partial charge < -0.3 is 5.73 Å². The van der Waals surface area contributed by atoms with Crippen LogP contribution in [0.1, 0.15) is 25.7 Å². The summed E-state index contributed by atoms with van der Waals surface area (Å²) >= 11 is 0. The minimum Gasteiger partial charge on any atom is -0.317 e. The van der Waals surface area contributed by atoms with Crippen LogP contribution in [0.25, 0.3) is 0 Å². The topological polar surface area (TPSA) is 89.3 Å². The van der Waals surface area contributed by atoms with Crippen molar-refractivity contribution in [1.29, 1.82) is 0 Å². The van der Waals surface area contributed by atoms with Crippen LogP contribution in [0.15, 0.2) is 0 Å². The summed E-state index contributed by atoms with van der Waals surface area (Å²) < 4.78 is 24.6. The Bertz CT molecular complexity index is 346. The van der Waals surface area contributed by atoms with Gasteiger partial charge in [-0.05, 0) is 25.7 Å². The third-order valence-corrected chi connectivity index (χ3v) is 4.26. The zero-order valence-electron chi connectivity index (χ0n) is 7.52. The molecular weight excluding hydrogens is 228 g/mol. The maximum atomic E-state index is 11.3. The van der Waals surface area contributed by atoms with E-state index in [9.17, 15) is 13.2 Å². The van der Waals surface area contributed by atoms with Crippen LogP contribution in [0.2, 0.25) is 0 Å². The van der Waals surface area contributed by atoms with E-state index in [1.54, 1.807) is 0 Å². The van der Waals surface area contributed by atoms with Gasteiger partial charge in [0.05, 0.1) is 10.8 Å². The lowest BCUT2D eigenvalue weighted by atomic mass is 10.3. The van der Waals surface area contributed by atoms with Crippen molar-refractivity contribution < 1.29 is 13.2 Å². The third-order valence-electron chi connectivity index (χ3n) is 2.44. The van der Waals surface area contributed by atoms with Crippen molar-refractivity contribution in [2.24, 2.45) is 5.73 Å². The molecule has 0 bridgehead atoms. The van der Waals surface area contributed by atoms with Gasteiger partial charge in [0, 0.05) is 0 Å². The molecule has 2 saturated carbocycles. The van der Waals surface area contributed by atoms with Crippen LogP contribution in [-0.2, 0) is 14.8 Å². The van der Waals surface area contributed by atoms with E-state index in [1.807, 2.05) is 4.72 Å². The van der Waals surface area contributed by atoms with E-state index in [4.69, 9.17) is 5.73 Å². The predicted octanol–water partition coefficient (Wildman–Crippen LogP) is -0.492. The molecule has 0 aliphatic heterocycles. The van der Waals surface area contributed by atoms with E-state index in [1.165, 1.54) is 0 Å². The molecule has 7 heteroatoms. The number of rotatable bonds is 3. The summed E-state index contributed by atoms with van der Waals surface area (Å²) in [6.07, 6.45) is 2.47. The number of carbonyl (C=O) groups excluding carboxylic acids is 1. The fourth-order valence-electron chi connectivity index (χ4n) is 1.05. The average molecular weight is 241 g/mol. The number of nitrogens with one attached hydrogen (secondary N) is 1. The molecule has 1 amide bonds. The van der Waals surface area contributed by atoms with E-state index in [0.29, 0.717) is 25.7 Å². The molecule has 0 spiro atoms. The SMILES string of the molecule is Cl.NC1(C(=O)NS(=O)(=O)C2CC2)CC1. The predicted molar refractivity (Wildman–Crippen MR) is 53.5 cm³/mol. The Morgan fingerprint density at radius 2 is 1.86 bits per heavy atom. The van der Waals surface area contributed by atoms with Crippen LogP contribution < -0.4 is 10.5 Å². The van der Waals surface area contributed by atoms with Gasteiger partial charge >= 0.3 is 0 Å². The second-order valence-electron chi connectivity index (χ2n) is 3.83. The molecule has 0 saturated heterocycles. The van der Waals surface area contributed by atoms with Crippen molar-refractivity contribution in [3.8, 4) is 0 Å². The summed E-state index contributed by atoms with van der Waals surface area (Å²) in [6.45, 7) is 0. The Balaban J connectivity index is 0.000000980. The van der Waals surface area contributed by atoms with Gasteiger partial charge in [-0.15, -0.1) is 12.4 Å². The van der Waals surface area contributed by atoms with Crippen molar-refractivity contribution in [1.82, 2.24) is 4.72 Å². The Labute approximate surface area is 88.9 Å². The lowest BCUT2D eigenvalue weighted by Crippen LogP contribution is -2.46. The molecule has 14 heavy (non-hydrogen) atoms. The monoisotopic (exact) mass is 240 g/mol. The molecule has 0 atom stereocenters. The van der Waals surface area contributed by atoms with Crippen LogP contribution in [0.5, 0.6) is 0 Å². The summed E-state index contributed by atoms with van der Waals surface area (Å²) in [4.78, 5) is 11.3. The first-order valence-electron chi connectivity index (χ1n) is 4.29. The molecule has 2 aliphatic carbocycles. The number of hydrogen-bond donors (Lipinski definition) is 2. The normalized spacial score (nSPS) is 23.5. The van der Waals surface area contributed by atoms with Gasteiger partial charge in [0.25, 0.3) is 5.91 Å². The smallest absolute Gasteiger partial charge is 0.253 e. The summed E-state index contributed by atoms with van der Waals surface area (Å²) in [5.41, 5.74) is 4.64. The fraction of sp³-hybridized carbons (Fsp3) is 0.857. The number of carbonyl (C=O) groups is 1. The van der Waals surface area contributed by atoms with E-state index < -0.39 is 21.5 Å². The van der Waals surface area contributed by atoms with Crippen molar-refractivity contribution >= 4 is 28.3 Å². The highest BCUT2D eigenvalue weighted by atomic mass is 35.5. The number of amides is 1. The molecule has 82 valence electrons. The van der Waals surface area contributed by atoms with Crippen LogP contribution in [0.4, 0.5) is 0 Å². The Morgan fingerprint density at radius 3 is 2.21 bits per heavy atom. The first-order valence-corrected chi connectivity index (χ1v) is 5.84. The third kappa shape index (κ3) is 2.18. The highest BCUT2D eigenvalue weighted by molar-refractivity contribution is 7.90. The van der Waals surface area contributed by atoms with Crippen molar-refractivity contribution in [2.75, 3.05) is 0 Å². The number of halogens is 1. The fourth-order valence-corrected chi connectivity index (χ4v) is 2.44. The lowest BCUT2D eigenvalue weighted by Gasteiger charge is -2.09. The molecule has 0 heterocycles. The minimum atomic E-state index is -3.41. The molecule has 0 aromatic heterocycles. The van der Waals surface area contributed by atoms with Crippen LogP contribution in [0.3, 0.4) is 0 Å². The van der Waals surface area contributed by atoms with Gasteiger partial charge in [0.1, 0.15) is 0 Å². The van der Waals surface area contributed by atoms with E-state index in [2.05, 4.69) is 0 Å². The highest BCUT2D eigenvalue weighted by Crippen LogP contribution is 2.33. The summed E-state index contributed by atoms with van der Waals surface area (Å²) in [6, 6.07) is 0. The standard InChI is InChI=1S/C7H12N2O3S.ClH/c8-7(3-4-7)6(10)9-13(11,12)5-1-2-5;/h5H,1-4,8H2,(H,9,10);1H. The molecule has 2 rings (SSSR count). The maximum Gasteiger partial charge on any atom is 0.253 e. The van der Waals surface area contributed by atoms with Gasteiger partial charge in [-0.2, -0.15) is 0 Å². The molecule has 2 aliphatic rings. The molecule has 3 N–H and O–H groups in total. The van der Waals surface area contributed by atoms with Crippen LogP contribution in [0, 0.1) is 0 Å². The van der Waals surface area contributed by atoms with Crippen LogP contribution in [-0.4, -0.2) is 25.1 Å². The van der Waals surface area contributed by atoms with Gasteiger partial charge in [-0.1, -0.05) is 0 Å². The molecule has 0 radical (unpaired) electrons. The number of hydrogen-bond acceptors (Lipinski definition) is 4. The van der Waals surface area contributed by atoms with Crippen LogP contribution >= 0.6 is 12.4 Å². The Hall–Kier alpha value is -0.330. The summed E-state index contributed by atoms with van der Waals surface area (Å²) in [5.74, 6) is -0.542. The summed E-state index contributed by atoms with van der Waals surface area (Å²) in [5, 5.41) is -0.362. The maximum absolute atomic E-state index is 11.3. The van der Waals surface area contributed by atoms with Gasteiger partial charge in [0.2, 0.25) is 10.0 Å². The summed E-state index contributed by atoms with van der Waals surface area (Å²) in [7, 11) is -3.41. The van der Waals surface area contributed by atoms with E-state index >= 15 is 0 Å². The van der Waals surface area contributed by atoms with Gasteiger partial charge in [-0.25, -0.2) is 8.42 Å². The molecule has 0 aromatic carbocycles. The second-order valence-corrected chi connectivity index (χ2v) is 5.79. The average Bonchev–Trinajstić information content (AvgIpc) is 2.78. The quantitative estimate of drug-likeness (QED) is 0.697. The second kappa shape index (κ2) is 3.36. The van der Waals surface area contributed by atoms with E-state index in [-0.39, 0.29) is 17.7 Å². The Kier molecular flexibility index (Phi) is 2.82. The highest BCUT2D eigenvalue weighted by Gasteiger charge is 2.48. The zero-order valence-corrected chi connectivity index (χ0v) is 9.16. The Morgan fingerprint density at radius 1 is 1.36 bits per heavy atom. The largest absolute Gasteiger partial charge is 0.317 e. The minimum absolute atomic E-state index is 0. The van der Waals surface area contributed by atoms with Gasteiger partial charge in [0.15, 0.2) is 0 Å². The van der Waals surface area contributed by atoms with Crippen molar-refractivity contribution in [3.05, 3.63) is 0 Å². The van der Waals surface area contributed by atoms with Gasteiger partial charge in [-0.3, -0.25) is 9.52 Å². The lowest BCUT2D eigenvalue weighted by molar-refractivity contribution is -0.121. The first-order chi connectivity index (χ1) is 5.94. The number of nitrogens with two attached hydrogens (primary N) is 1. The van der Waals surface area contributed by atoms with Crippen molar-refractivity contribution in [3.63, 3.8) is 0 Å². The number of sulfonamides is 1. The van der Waals surface area contributed by atoms with E-state index in [0.717, 1.165) is 0 Å². The molecule has 2 fully saturated rings. The molecule has 0 aromatic rings. The van der Waals surface area contributed by atoms with Crippen molar-refractivity contribution in [2.45, 2.75) is 36.5 Å². The molecule has 0 unspecified atom stereocenters. The first kappa shape index (κ1) is 11.7. The molecular formula is C7H13ClN2O3S. The zero-order chi connectivity index (χ0) is 9.69.